The Morgan fingerprint density at radius 1 is 1.00 bits per heavy atom. The van der Waals surface area contributed by atoms with Crippen LogP contribution in [-0.4, -0.2) is 46.2 Å². The molecule has 0 heterocycles. The van der Waals surface area contributed by atoms with Gasteiger partial charge in [-0.2, -0.15) is 13.2 Å². The molecule has 0 unspecified atom stereocenters. The zero-order chi connectivity index (χ0) is 12.3. The third-order valence-electron chi connectivity index (χ3n) is 1.89. The van der Waals surface area contributed by atoms with Crippen LogP contribution in [-0.2, 0) is 9.47 Å². The van der Waals surface area contributed by atoms with Gasteiger partial charge in [-0.15, -0.1) is 0 Å². The first kappa shape index (κ1) is 15.7. The van der Waals surface area contributed by atoms with Crippen LogP contribution in [0.1, 0.15) is 19.3 Å². The summed E-state index contributed by atoms with van der Waals surface area (Å²) >= 11 is 0. The van der Waals surface area contributed by atoms with Gasteiger partial charge in [0, 0.05) is 20.3 Å². The Morgan fingerprint density at radius 2 is 1.75 bits per heavy atom. The van der Waals surface area contributed by atoms with E-state index in [2.05, 4.69) is 10.1 Å². The Morgan fingerprint density at radius 3 is 2.38 bits per heavy atom. The summed E-state index contributed by atoms with van der Waals surface area (Å²) in [5.41, 5.74) is 0. The molecule has 0 rings (SSSR count). The predicted octanol–water partition coefficient (Wildman–Crippen LogP) is 1.97. The Bertz CT molecular complexity index is 153. The van der Waals surface area contributed by atoms with Crippen LogP contribution in [0, 0.1) is 0 Å². The number of hydrogen-bond donors (Lipinski definition) is 1. The molecule has 3 nitrogen and oxygen atoms in total. The molecule has 0 aliphatic carbocycles. The van der Waals surface area contributed by atoms with Crippen LogP contribution in [0.2, 0.25) is 0 Å². The van der Waals surface area contributed by atoms with Crippen LogP contribution >= 0.6 is 0 Å². The summed E-state index contributed by atoms with van der Waals surface area (Å²) in [4.78, 5) is 0. The summed E-state index contributed by atoms with van der Waals surface area (Å²) < 4.78 is 44.3. The van der Waals surface area contributed by atoms with Gasteiger partial charge < -0.3 is 14.8 Å². The zero-order valence-electron chi connectivity index (χ0n) is 9.61. The maximum Gasteiger partial charge on any atom is 0.411 e. The van der Waals surface area contributed by atoms with Crippen molar-refractivity contribution in [3.8, 4) is 0 Å². The van der Waals surface area contributed by atoms with Crippen LogP contribution in [0.5, 0.6) is 0 Å². The Labute approximate surface area is 94.3 Å². The molecule has 0 aromatic heterocycles. The van der Waals surface area contributed by atoms with Crippen molar-refractivity contribution >= 4 is 0 Å². The summed E-state index contributed by atoms with van der Waals surface area (Å²) in [6.45, 7) is 0.953. The lowest BCUT2D eigenvalue weighted by Crippen LogP contribution is -2.24. The third kappa shape index (κ3) is 13.7. The zero-order valence-corrected chi connectivity index (χ0v) is 9.61. The van der Waals surface area contributed by atoms with Gasteiger partial charge in [-0.05, 0) is 25.8 Å². The van der Waals surface area contributed by atoms with Crippen molar-refractivity contribution in [1.82, 2.24) is 5.32 Å². The number of halogens is 3. The van der Waals surface area contributed by atoms with Gasteiger partial charge in [0.2, 0.25) is 0 Å². The lowest BCUT2D eigenvalue weighted by molar-refractivity contribution is -0.173. The summed E-state index contributed by atoms with van der Waals surface area (Å²) in [5.74, 6) is 0. The van der Waals surface area contributed by atoms with Crippen molar-refractivity contribution in [3.05, 3.63) is 0 Å². The Kier molecular flexibility index (Phi) is 9.66. The van der Waals surface area contributed by atoms with Crippen LogP contribution in [0.15, 0.2) is 0 Å². The lowest BCUT2D eigenvalue weighted by atomic mass is 10.2. The van der Waals surface area contributed by atoms with E-state index in [0.29, 0.717) is 6.54 Å². The fourth-order valence-corrected chi connectivity index (χ4v) is 1.13. The fraction of sp³-hybridized carbons (Fsp3) is 1.00. The number of unbranched alkanes of at least 4 members (excludes halogenated alkanes) is 2. The second-order valence-electron chi connectivity index (χ2n) is 3.47. The molecular formula is C10H20F3NO2. The van der Waals surface area contributed by atoms with Gasteiger partial charge in [0.15, 0.2) is 0 Å². The van der Waals surface area contributed by atoms with E-state index in [1.54, 1.807) is 7.11 Å². The molecule has 0 saturated carbocycles. The highest BCUT2D eigenvalue weighted by Gasteiger charge is 2.27. The molecule has 0 aliphatic rings. The van der Waals surface area contributed by atoms with Crippen molar-refractivity contribution in [2.75, 3.05) is 40.0 Å². The van der Waals surface area contributed by atoms with Crippen LogP contribution in [0.3, 0.4) is 0 Å². The van der Waals surface area contributed by atoms with Crippen molar-refractivity contribution < 1.29 is 22.6 Å². The van der Waals surface area contributed by atoms with E-state index in [0.717, 1.165) is 32.4 Å². The van der Waals surface area contributed by atoms with Crippen molar-refractivity contribution in [2.45, 2.75) is 25.4 Å². The van der Waals surface area contributed by atoms with Crippen LogP contribution in [0.4, 0.5) is 13.2 Å². The molecule has 0 amide bonds. The minimum Gasteiger partial charge on any atom is -0.385 e. The van der Waals surface area contributed by atoms with Crippen molar-refractivity contribution in [2.24, 2.45) is 0 Å². The van der Waals surface area contributed by atoms with E-state index in [-0.39, 0.29) is 6.61 Å². The van der Waals surface area contributed by atoms with Gasteiger partial charge in [-0.25, -0.2) is 0 Å². The first-order chi connectivity index (χ1) is 7.56. The van der Waals surface area contributed by atoms with E-state index < -0.39 is 12.8 Å². The number of hydrogen-bond acceptors (Lipinski definition) is 3. The van der Waals surface area contributed by atoms with Gasteiger partial charge in [-0.1, -0.05) is 0 Å². The first-order valence-electron chi connectivity index (χ1n) is 5.40. The van der Waals surface area contributed by atoms with Crippen molar-refractivity contribution in [1.29, 1.82) is 0 Å². The minimum absolute atomic E-state index is 0.0948. The highest BCUT2D eigenvalue weighted by atomic mass is 19.4. The quantitative estimate of drug-likeness (QED) is 0.595. The van der Waals surface area contributed by atoms with Gasteiger partial charge in [0.05, 0.1) is 6.61 Å². The molecule has 0 aromatic carbocycles. The van der Waals surface area contributed by atoms with Gasteiger partial charge in [-0.3, -0.25) is 0 Å². The van der Waals surface area contributed by atoms with Gasteiger partial charge in [0.25, 0.3) is 0 Å². The second-order valence-corrected chi connectivity index (χ2v) is 3.47. The lowest BCUT2D eigenvalue weighted by Gasteiger charge is -2.08. The number of rotatable bonds is 10. The monoisotopic (exact) mass is 243 g/mol. The minimum atomic E-state index is -4.22. The third-order valence-corrected chi connectivity index (χ3v) is 1.89. The average Bonchev–Trinajstić information content (AvgIpc) is 2.19. The van der Waals surface area contributed by atoms with E-state index in [9.17, 15) is 13.2 Å². The van der Waals surface area contributed by atoms with Crippen LogP contribution < -0.4 is 5.32 Å². The summed E-state index contributed by atoms with van der Waals surface area (Å²) in [6.07, 6.45) is -1.14. The SMILES string of the molecule is COCCCCCNCCOCC(F)(F)F. The molecule has 0 atom stereocenters. The maximum absolute atomic E-state index is 11.6. The molecule has 0 saturated heterocycles. The Hall–Kier alpha value is -0.330. The van der Waals surface area contributed by atoms with Gasteiger partial charge >= 0.3 is 6.18 Å². The molecule has 0 radical (unpaired) electrons. The number of methoxy groups -OCH3 is 1. The maximum atomic E-state index is 11.6. The number of alkyl halides is 3. The molecule has 1 N–H and O–H groups in total. The number of nitrogens with one attached hydrogen (secondary N) is 1. The molecule has 0 aromatic rings. The highest BCUT2D eigenvalue weighted by molar-refractivity contribution is 4.50. The topological polar surface area (TPSA) is 30.5 Å². The Balaban J connectivity index is 2.99. The van der Waals surface area contributed by atoms with E-state index in [1.165, 1.54) is 0 Å². The summed E-state index contributed by atoms with van der Waals surface area (Å²) in [5, 5.41) is 3.02. The van der Waals surface area contributed by atoms with E-state index in [1.807, 2.05) is 0 Å². The largest absolute Gasteiger partial charge is 0.411 e. The van der Waals surface area contributed by atoms with Crippen LogP contribution in [0.25, 0.3) is 0 Å². The molecule has 0 spiro atoms. The normalized spacial score (nSPS) is 12.0. The van der Waals surface area contributed by atoms with Crippen molar-refractivity contribution in [3.63, 3.8) is 0 Å². The average molecular weight is 243 g/mol. The number of ether oxygens (including phenoxy) is 2. The molecule has 0 bridgehead atoms. The standard InChI is InChI=1S/C10H20F3NO2/c1-15-7-4-2-3-5-14-6-8-16-9-10(11,12)13/h14H,2-9H2,1H3. The molecule has 0 fully saturated rings. The second kappa shape index (κ2) is 9.86. The van der Waals surface area contributed by atoms with E-state index in [4.69, 9.17) is 4.74 Å². The molecule has 6 heteroatoms. The molecule has 16 heavy (non-hydrogen) atoms. The molecular weight excluding hydrogens is 223 g/mol. The summed E-state index contributed by atoms with van der Waals surface area (Å²) in [7, 11) is 1.66. The first-order valence-corrected chi connectivity index (χ1v) is 5.40. The summed E-state index contributed by atoms with van der Waals surface area (Å²) in [6, 6.07) is 0. The van der Waals surface area contributed by atoms with E-state index >= 15 is 0 Å². The molecule has 0 aliphatic heterocycles. The molecule has 98 valence electrons. The predicted molar refractivity (Wildman–Crippen MR) is 55.5 cm³/mol. The van der Waals surface area contributed by atoms with Gasteiger partial charge in [0.1, 0.15) is 6.61 Å². The highest BCUT2D eigenvalue weighted by Crippen LogP contribution is 2.13. The smallest absolute Gasteiger partial charge is 0.385 e. The fourth-order valence-electron chi connectivity index (χ4n) is 1.13.